The highest BCUT2D eigenvalue weighted by molar-refractivity contribution is 9.10. The first-order valence-corrected chi connectivity index (χ1v) is 8.64. The van der Waals surface area contributed by atoms with Crippen molar-refractivity contribution in [3.8, 4) is 0 Å². The van der Waals surface area contributed by atoms with E-state index in [0.717, 1.165) is 42.3 Å². The van der Waals surface area contributed by atoms with Gasteiger partial charge >= 0.3 is 0 Å². The SMILES string of the molecule is O=C(c1cccc(Br)c1)N1CCCC1CCc1ccccc1. The van der Waals surface area contributed by atoms with Crippen LogP contribution < -0.4 is 0 Å². The molecule has 1 fully saturated rings. The molecule has 1 atom stereocenters. The Labute approximate surface area is 140 Å². The number of likely N-dealkylation sites (tertiary alicyclic amines) is 1. The van der Waals surface area contributed by atoms with E-state index in [1.807, 2.05) is 30.3 Å². The lowest BCUT2D eigenvalue weighted by Gasteiger charge is -2.25. The van der Waals surface area contributed by atoms with Gasteiger partial charge in [-0.1, -0.05) is 52.3 Å². The van der Waals surface area contributed by atoms with Gasteiger partial charge in [0.15, 0.2) is 0 Å². The van der Waals surface area contributed by atoms with Gasteiger partial charge in [-0.25, -0.2) is 0 Å². The molecule has 2 aromatic carbocycles. The van der Waals surface area contributed by atoms with Crippen molar-refractivity contribution in [1.29, 1.82) is 0 Å². The zero-order chi connectivity index (χ0) is 15.4. The molecular weight excluding hydrogens is 338 g/mol. The van der Waals surface area contributed by atoms with Crippen LogP contribution in [0.1, 0.15) is 35.2 Å². The molecule has 1 aliphatic heterocycles. The molecule has 1 heterocycles. The highest BCUT2D eigenvalue weighted by atomic mass is 79.9. The van der Waals surface area contributed by atoms with Crippen molar-refractivity contribution in [2.24, 2.45) is 0 Å². The minimum absolute atomic E-state index is 0.164. The predicted octanol–water partition coefficient (Wildman–Crippen LogP) is 4.69. The molecule has 3 heteroatoms. The third-order valence-electron chi connectivity index (χ3n) is 4.32. The van der Waals surface area contributed by atoms with Gasteiger partial charge in [-0.2, -0.15) is 0 Å². The first-order valence-electron chi connectivity index (χ1n) is 7.84. The summed E-state index contributed by atoms with van der Waals surface area (Å²) in [6, 6.07) is 18.6. The number of hydrogen-bond acceptors (Lipinski definition) is 1. The fourth-order valence-electron chi connectivity index (χ4n) is 3.17. The zero-order valence-electron chi connectivity index (χ0n) is 12.5. The molecule has 0 radical (unpaired) electrons. The summed E-state index contributed by atoms with van der Waals surface area (Å²) in [4.78, 5) is 14.8. The number of carbonyl (C=O) groups is 1. The van der Waals surface area contributed by atoms with E-state index in [1.54, 1.807) is 0 Å². The summed E-state index contributed by atoms with van der Waals surface area (Å²) in [5.41, 5.74) is 2.13. The molecule has 3 rings (SSSR count). The number of rotatable bonds is 4. The maximum Gasteiger partial charge on any atom is 0.254 e. The number of benzene rings is 2. The van der Waals surface area contributed by atoms with E-state index in [1.165, 1.54) is 5.56 Å². The van der Waals surface area contributed by atoms with Gasteiger partial charge in [0, 0.05) is 22.6 Å². The molecule has 2 aromatic rings. The third kappa shape index (κ3) is 3.58. The monoisotopic (exact) mass is 357 g/mol. The zero-order valence-corrected chi connectivity index (χ0v) is 14.1. The van der Waals surface area contributed by atoms with Crippen molar-refractivity contribution >= 4 is 21.8 Å². The number of aryl methyl sites for hydroxylation is 1. The average Bonchev–Trinajstić information content (AvgIpc) is 3.01. The maximum absolute atomic E-state index is 12.7. The Bertz CT molecular complexity index is 641. The van der Waals surface area contributed by atoms with E-state index in [4.69, 9.17) is 0 Å². The Kier molecular flexibility index (Phi) is 4.94. The highest BCUT2D eigenvalue weighted by Crippen LogP contribution is 2.24. The Morgan fingerprint density at radius 3 is 2.73 bits per heavy atom. The molecule has 1 amide bonds. The fourth-order valence-corrected chi connectivity index (χ4v) is 3.57. The van der Waals surface area contributed by atoms with Gasteiger partial charge in [-0.05, 0) is 49.4 Å². The van der Waals surface area contributed by atoms with Gasteiger partial charge in [-0.15, -0.1) is 0 Å². The molecule has 0 N–H and O–H groups in total. The van der Waals surface area contributed by atoms with E-state index in [-0.39, 0.29) is 5.91 Å². The summed E-state index contributed by atoms with van der Waals surface area (Å²) < 4.78 is 0.957. The molecule has 114 valence electrons. The molecule has 22 heavy (non-hydrogen) atoms. The van der Waals surface area contributed by atoms with E-state index in [0.29, 0.717) is 6.04 Å². The molecular formula is C19H20BrNO. The largest absolute Gasteiger partial charge is 0.336 e. The molecule has 1 unspecified atom stereocenters. The van der Waals surface area contributed by atoms with Gasteiger partial charge < -0.3 is 4.90 Å². The van der Waals surface area contributed by atoms with Crippen LogP contribution in [0.4, 0.5) is 0 Å². The van der Waals surface area contributed by atoms with E-state index >= 15 is 0 Å². The second-order valence-electron chi connectivity index (χ2n) is 5.83. The van der Waals surface area contributed by atoms with Crippen molar-refractivity contribution in [3.05, 3.63) is 70.2 Å². The van der Waals surface area contributed by atoms with Gasteiger partial charge in [0.25, 0.3) is 5.91 Å². The second-order valence-corrected chi connectivity index (χ2v) is 6.74. The van der Waals surface area contributed by atoms with Crippen LogP contribution in [0.3, 0.4) is 0 Å². The molecule has 2 nitrogen and oxygen atoms in total. The summed E-state index contributed by atoms with van der Waals surface area (Å²) >= 11 is 3.44. The topological polar surface area (TPSA) is 20.3 Å². The van der Waals surface area contributed by atoms with Crippen molar-refractivity contribution in [1.82, 2.24) is 4.90 Å². The van der Waals surface area contributed by atoms with E-state index in [9.17, 15) is 4.79 Å². The fraction of sp³-hybridized carbons (Fsp3) is 0.316. The number of nitrogens with zero attached hydrogens (tertiary/aromatic N) is 1. The second kappa shape index (κ2) is 7.10. The summed E-state index contributed by atoms with van der Waals surface area (Å²) in [6.45, 7) is 0.880. The van der Waals surface area contributed by atoms with Gasteiger partial charge in [0.05, 0.1) is 0 Å². The number of hydrogen-bond donors (Lipinski definition) is 0. The number of halogens is 1. The van der Waals surface area contributed by atoms with Gasteiger partial charge in [0.2, 0.25) is 0 Å². The average molecular weight is 358 g/mol. The minimum atomic E-state index is 0.164. The quantitative estimate of drug-likeness (QED) is 0.777. The van der Waals surface area contributed by atoms with E-state index < -0.39 is 0 Å². The van der Waals surface area contributed by atoms with Crippen LogP contribution in [-0.2, 0) is 6.42 Å². The standard InChI is InChI=1S/C19H20BrNO/c20-17-9-4-8-16(14-17)19(22)21-13-5-10-18(21)12-11-15-6-2-1-3-7-15/h1-4,6-9,14,18H,5,10-13H2. The Morgan fingerprint density at radius 1 is 1.14 bits per heavy atom. The molecule has 0 aliphatic carbocycles. The first-order chi connectivity index (χ1) is 10.7. The predicted molar refractivity (Wildman–Crippen MR) is 93.0 cm³/mol. The summed E-state index contributed by atoms with van der Waals surface area (Å²) in [5, 5.41) is 0. The Hall–Kier alpha value is -1.61. The molecule has 1 aliphatic rings. The number of carbonyl (C=O) groups excluding carboxylic acids is 1. The molecule has 0 spiro atoms. The Morgan fingerprint density at radius 2 is 1.95 bits per heavy atom. The lowest BCUT2D eigenvalue weighted by atomic mass is 10.0. The van der Waals surface area contributed by atoms with Crippen LogP contribution in [0.5, 0.6) is 0 Å². The number of amides is 1. The van der Waals surface area contributed by atoms with Gasteiger partial charge in [0.1, 0.15) is 0 Å². The van der Waals surface area contributed by atoms with Crippen molar-refractivity contribution in [3.63, 3.8) is 0 Å². The minimum Gasteiger partial charge on any atom is -0.336 e. The van der Waals surface area contributed by atoms with Crippen LogP contribution in [0.25, 0.3) is 0 Å². The molecule has 0 bridgehead atoms. The van der Waals surface area contributed by atoms with Crippen molar-refractivity contribution in [2.45, 2.75) is 31.7 Å². The van der Waals surface area contributed by atoms with Crippen LogP contribution in [-0.4, -0.2) is 23.4 Å². The molecule has 0 saturated carbocycles. The van der Waals surface area contributed by atoms with Gasteiger partial charge in [-0.3, -0.25) is 4.79 Å². The summed E-state index contributed by atoms with van der Waals surface area (Å²) in [5.74, 6) is 0.164. The van der Waals surface area contributed by atoms with Crippen LogP contribution in [0.15, 0.2) is 59.1 Å². The van der Waals surface area contributed by atoms with Crippen LogP contribution in [0.2, 0.25) is 0 Å². The van der Waals surface area contributed by atoms with Crippen LogP contribution >= 0.6 is 15.9 Å². The lowest BCUT2D eigenvalue weighted by molar-refractivity contribution is 0.0730. The summed E-state index contributed by atoms with van der Waals surface area (Å²) in [6.07, 6.45) is 4.31. The smallest absolute Gasteiger partial charge is 0.254 e. The third-order valence-corrected chi connectivity index (χ3v) is 4.81. The van der Waals surface area contributed by atoms with Crippen molar-refractivity contribution < 1.29 is 4.79 Å². The van der Waals surface area contributed by atoms with Crippen molar-refractivity contribution in [2.75, 3.05) is 6.54 Å². The normalized spacial score (nSPS) is 17.7. The summed E-state index contributed by atoms with van der Waals surface area (Å²) in [7, 11) is 0. The lowest BCUT2D eigenvalue weighted by Crippen LogP contribution is -2.35. The molecule has 1 saturated heterocycles. The maximum atomic E-state index is 12.7. The Balaban J connectivity index is 1.66. The molecule has 0 aromatic heterocycles. The van der Waals surface area contributed by atoms with E-state index in [2.05, 4.69) is 45.1 Å². The highest BCUT2D eigenvalue weighted by Gasteiger charge is 2.29. The first kappa shape index (κ1) is 15.3. The van der Waals surface area contributed by atoms with Crippen LogP contribution in [0, 0.1) is 0 Å².